The maximum absolute atomic E-state index is 10.9. The number of piperidine rings is 1. The Hall–Kier alpha value is -1.10. The molecule has 18 heavy (non-hydrogen) atoms. The summed E-state index contributed by atoms with van der Waals surface area (Å²) in [6, 6.07) is 1.99. The summed E-state index contributed by atoms with van der Waals surface area (Å²) in [6.07, 6.45) is 4.36. The number of nitrogens with zero attached hydrogens (tertiary/aromatic N) is 2. The molecule has 0 aromatic carbocycles. The van der Waals surface area contributed by atoms with Gasteiger partial charge in [-0.05, 0) is 53.2 Å². The maximum Gasteiger partial charge on any atom is 0.217 e. The molecule has 1 aromatic rings. The number of rotatable bonds is 3. The molecule has 0 spiro atoms. The molecular formula is C13H18BrN3O. The number of halogens is 1. The number of primary amides is 1. The number of carbonyl (C=O) groups is 1. The van der Waals surface area contributed by atoms with Crippen molar-refractivity contribution in [2.45, 2.75) is 26.2 Å². The summed E-state index contributed by atoms with van der Waals surface area (Å²) in [7, 11) is 0. The zero-order chi connectivity index (χ0) is 13.1. The molecule has 0 atom stereocenters. The van der Waals surface area contributed by atoms with Crippen molar-refractivity contribution in [1.82, 2.24) is 4.98 Å². The Labute approximate surface area is 116 Å². The molecular weight excluding hydrogens is 294 g/mol. The van der Waals surface area contributed by atoms with Gasteiger partial charge in [-0.2, -0.15) is 0 Å². The average molecular weight is 312 g/mol. The quantitative estimate of drug-likeness (QED) is 0.931. The Balaban J connectivity index is 2.01. The fourth-order valence-corrected chi connectivity index (χ4v) is 2.87. The molecule has 1 aromatic heterocycles. The van der Waals surface area contributed by atoms with Crippen molar-refractivity contribution >= 4 is 27.7 Å². The normalized spacial score (nSPS) is 16.9. The predicted octanol–water partition coefficient (Wildman–Crippen LogP) is 2.24. The van der Waals surface area contributed by atoms with Crippen LogP contribution >= 0.6 is 15.9 Å². The summed E-state index contributed by atoms with van der Waals surface area (Å²) < 4.78 is 1.07. The summed E-state index contributed by atoms with van der Waals surface area (Å²) in [6.45, 7) is 3.94. The average Bonchev–Trinajstić information content (AvgIpc) is 2.33. The van der Waals surface area contributed by atoms with Gasteiger partial charge in [0.25, 0.3) is 0 Å². The molecule has 2 N–H and O–H groups in total. The lowest BCUT2D eigenvalue weighted by Crippen LogP contribution is -2.35. The van der Waals surface area contributed by atoms with E-state index in [1.165, 1.54) is 5.56 Å². The van der Waals surface area contributed by atoms with Crippen molar-refractivity contribution in [3.8, 4) is 0 Å². The van der Waals surface area contributed by atoms with Gasteiger partial charge in [0, 0.05) is 25.7 Å². The van der Waals surface area contributed by atoms with Crippen molar-refractivity contribution in [1.29, 1.82) is 0 Å². The summed E-state index contributed by atoms with van der Waals surface area (Å²) in [5.74, 6) is 1.25. The van der Waals surface area contributed by atoms with Crippen LogP contribution in [0.25, 0.3) is 0 Å². The van der Waals surface area contributed by atoms with Gasteiger partial charge >= 0.3 is 0 Å². The van der Waals surface area contributed by atoms with Gasteiger partial charge in [0.05, 0.1) is 4.47 Å². The second kappa shape index (κ2) is 5.69. The molecule has 0 aliphatic carbocycles. The van der Waals surface area contributed by atoms with Crippen LogP contribution in [0.3, 0.4) is 0 Å². The third-order valence-corrected chi connectivity index (χ3v) is 4.45. The van der Waals surface area contributed by atoms with Crippen LogP contribution in [-0.4, -0.2) is 24.0 Å². The number of aromatic nitrogens is 1. The monoisotopic (exact) mass is 311 g/mol. The summed E-state index contributed by atoms with van der Waals surface area (Å²) in [5.41, 5.74) is 6.43. The SMILES string of the molecule is Cc1ccnc(N2CCC(CC(N)=O)CC2)c1Br. The van der Waals surface area contributed by atoms with Gasteiger partial charge in [0.1, 0.15) is 5.82 Å². The van der Waals surface area contributed by atoms with E-state index in [1.807, 2.05) is 12.3 Å². The topological polar surface area (TPSA) is 59.2 Å². The smallest absolute Gasteiger partial charge is 0.217 e. The number of carbonyl (C=O) groups excluding carboxylic acids is 1. The molecule has 0 radical (unpaired) electrons. The number of pyridine rings is 1. The van der Waals surface area contributed by atoms with Gasteiger partial charge in [0.2, 0.25) is 5.91 Å². The number of nitrogens with two attached hydrogens (primary N) is 1. The minimum atomic E-state index is -0.191. The molecule has 4 nitrogen and oxygen atoms in total. The molecule has 1 aliphatic rings. The zero-order valence-corrected chi connectivity index (χ0v) is 12.1. The first-order valence-corrected chi connectivity index (χ1v) is 7.01. The highest BCUT2D eigenvalue weighted by Gasteiger charge is 2.22. The Morgan fingerprint density at radius 2 is 2.22 bits per heavy atom. The van der Waals surface area contributed by atoms with Gasteiger partial charge in [0.15, 0.2) is 0 Å². The van der Waals surface area contributed by atoms with E-state index in [-0.39, 0.29) is 5.91 Å². The first-order chi connectivity index (χ1) is 8.58. The number of aryl methyl sites for hydroxylation is 1. The first kappa shape index (κ1) is 13.3. The van der Waals surface area contributed by atoms with Crippen molar-refractivity contribution in [3.63, 3.8) is 0 Å². The second-order valence-corrected chi connectivity index (χ2v) is 5.66. The summed E-state index contributed by atoms with van der Waals surface area (Å²) >= 11 is 3.59. The largest absolute Gasteiger partial charge is 0.370 e. The Morgan fingerprint density at radius 1 is 1.56 bits per heavy atom. The van der Waals surface area contributed by atoms with Crippen LogP contribution in [-0.2, 0) is 4.79 Å². The molecule has 1 saturated heterocycles. The standard InChI is InChI=1S/C13H18BrN3O/c1-9-2-5-16-13(12(9)14)17-6-3-10(4-7-17)8-11(15)18/h2,5,10H,3-4,6-8H2,1H3,(H2,15,18). The number of hydrogen-bond donors (Lipinski definition) is 1. The maximum atomic E-state index is 10.9. The molecule has 0 saturated carbocycles. The van der Waals surface area contributed by atoms with Crippen molar-refractivity contribution in [2.24, 2.45) is 11.7 Å². The summed E-state index contributed by atoms with van der Waals surface area (Å²) in [4.78, 5) is 17.6. The fourth-order valence-electron chi connectivity index (χ4n) is 2.38. The molecule has 1 aliphatic heterocycles. The number of hydrogen-bond acceptors (Lipinski definition) is 3. The lowest BCUT2D eigenvalue weighted by molar-refractivity contribution is -0.119. The van der Waals surface area contributed by atoms with E-state index in [1.54, 1.807) is 0 Å². The third-order valence-electron chi connectivity index (χ3n) is 3.47. The minimum Gasteiger partial charge on any atom is -0.370 e. The van der Waals surface area contributed by atoms with Crippen LogP contribution in [0.2, 0.25) is 0 Å². The van der Waals surface area contributed by atoms with E-state index in [0.717, 1.165) is 36.2 Å². The number of anilines is 1. The first-order valence-electron chi connectivity index (χ1n) is 6.22. The minimum absolute atomic E-state index is 0.191. The van der Waals surface area contributed by atoms with Gasteiger partial charge < -0.3 is 10.6 Å². The van der Waals surface area contributed by atoms with Crippen LogP contribution in [0, 0.1) is 12.8 Å². The van der Waals surface area contributed by atoms with Crippen LogP contribution in [0.15, 0.2) is 16.7 Å². The molecule has 2 heterocycles. The molecule has 5 heteroatoms. The predicted molar refractivity (Wildman–Crippen MR) is 75.4 cm³/mol. The lowest BCUT2D eigenvalue weighted by atomic mass is 9.93. The van der Waals surface area contributed by atoms with Crippen LogP contribution in [0.4, 0.5) is 5.82 Å². The Bertz CT molecular complexity index is 442. The van der Waals surface area contributed by atoms with Crippen molar-refractivity contribution < 1.29 is 4.79 Å². The zero-order valence-electron chi connectivity index (χ0n) is 10.5. The Morgan fingerprint density at radius 3 is 2.83 bits per heavy atom. The van der Waals surface area contributed by atoms with E-state index in [9.17, 15) is 4.79 Å². The molecule has 1 amide bonds. The van der Waals surface area contributed by atoms with E-state index in [0.29, 0.717) is 12.3 Å². The Kier molecular flexibility index (Phi) is 4.22. The molecule has 0 bridgehead atoms. The second-order valence-electron chi connectivity index (χ2n) is 4.87. The highest BCUT2D eigenvalue weighted by molar-refractivity contribution is 9.10. The van der Waals surface area contributed by atoms with Crippen LogP contribution in [0.1, 0.15) is 24.8 Å². The van der Waals surface area contributed by atoms with E-state index < -0.39 is 0 Å². The van der Waals surface area contributed by atoms with Gasteiger partial charge in [-0.25, -0.2) is 4.98 Å². The van der Waals surface area contributed by atoms with Crippen molar-refractivity contribution in [2.75, 3.05) is 18.0 Å². The van der Waals surface area contributed by atoms with E-state index >= 15 is 0 Å². The molecule has 0 unspecified atom stereocenters. The molecule has 1 fully saturated rings. The molecule has 2 rings (SSSR count). The third kappa shape index (κ3) is 3.02. The van der Waals surface area contributed by atoms with Crippen LogP contribution < -0.4 is 10.6 Å². The highest BCUT2D eigenvalue weighted by atomic mass is 79.9. The fraction of sp³-hybridized carbons (Fsp3) is 0.538. The van der Waals surface area contributed by atoms with Crippen LogP contribution in [0.5, 0.6) is 0 Å². The number of amides is 1. The lowest BCUT2D eigenvalue weighted by Gasteiger charge is -2.33. The highest BCUT2D eigenvalue weighted by Crippen LogP contribution is 2.30. The van der Waals surface area contributed by atoms with Gasteiger partial charge in [-0.3, -0.25) is 4.79 Å². The van der Waals surface area contributed by atoms with E-state index in [4.69, 9.17) is 5.73 Å². The van der Waals surface area contributed by atoms with Gasteiger partial charge in [-0.1, -0.05) is 0 Å². The molecule has 98 valence electrons. The van der Waals surface area contributed by atoms with E-state index in [2.05, 4.69) is 32.7 Å². The summed E-state index contributed by atoms with van der Waals surface area (Å²) in [5, 5.41) is 0. The van der Waals surface area contributed by atoms with Crippen molar-refractivity contribution in [3.05, 3.63) is 22.3 Å². The van der Waals surface area contributed by atoms with Gasteiger partial charge in [-0.15, -0.1) is 0 Å².